The van der Waals surface area contributed by atoms with E-state index in [9.17, 15) is 14.0 Å². The molecule has 1 N–H and O–H groups in total. The van der Waals surface area contributed by atoms with Gasteiger partial charge in [0.25, 0.3) is 0 Å². The van der Waals surface area contributed by atoms with Gasteiger partial charge in [-0.1, -0.05) is 18.6 Å². The Kier molecular flexibility index (Phi) is 7.46. The lowest BCUT2D eigenvalue weighted by molar-refractivity contribution is -0.142. The van der Waals surface area contributed by atoms with Crippen LogP contribution in [-0.2, 0) is 14.3 Å². The van der Waals surface area contributed by atoms with Crippen LogP contribution in [0.25, 0.3) is 0 Å². The molecule has 2 amide bonds. The number of amides is 2. The van der Waals surface area contributed by atoms with Gasteiger partial charge in [0, 0.05) is 45.2 Å². The lowest BCUT2D eigenvalue weighted by Gasteiger charge is -2.43. The molecule has 176 valence electrons. The van der Waals surface area contributed by atoms with Gasteiger partial charge in [0.15, 0.2) is 0 Å². The summed E-state index contributed by atoms with van der Waals surface area (Å²) < 4.78 is 19.6. The van der Waals surface area contributed by atoms with E-state index in [1.807, 2.05) is 0 Å². The van der Waals surface area contributed by atoms with Crippen molar-refractivity contribution < 1.29 is 18.7 Å². The molecule has 3 aliphatic rings. The summed E-state index contributed by atoms with van der Waals surface area (Å²) in [6.45, 7) is 5.34. The molecule has 0 aromatic heterocycles. The fraction of sp³-hybridized carbons (Fsp3) is 0.680. The molecular weight excluding hydrogens is 409 g/mol. The first kappa shape index (κ1) is 23.2. The van der Waals surface area contributed by atoms with Crippen molar-refractivity contribution in [2.24, 2.45) is 11.3 Å². The van der Waals surface area contributed by atoms with E-state index in [0.717, 1.165) is 45.7 Å². The highest BCUT2D eigenvalue weighted by atomic mass is 19.1. The van der Waals surface area contributed by atoms with Crippen LogP contribution in [-0.4, -0.2) is 68.1 Å². The maximum absolute atomic E-state index is 13.9. The third kappa shape index (κ3) is 5.31. The van der Waals surface area contributed by atoms with Gasteiger partial charge in [0.05, 0.1) is 12.0 Å². The minimum absolute atomic E-state index is 0.00527. The molecule has 1 aromatic rings. The Balaban J connectivity index is 1.47. The van der Waals surface area contributed by atoms with Crippen LogP contribution >= 0.6 is 0 Å². The van der Waals surface area contributed by atoms with Crippen LogP contribution in [0.3, 0.4) is 0 Å². The fourth-order valence-corrected chi connectivity index (χ4v) is 5.65. The number of rotatable bonds is 6. The zero-order valence-corrected chi connectivity index (χ0v) is 19.2. The molecule has 0 spiro atoms. The molecule has 3 saturated heterocycles. The number of halogens is 1. The molecule has 4 rings (SSSR count). The van der Waals surface area contributed by atoms with E-state index in [1.165, 1.54) is 31.4 Å². The second-order valence-electron chi connectivity index (χ2n) is 9.82. The zero-order valence-electron chi connectivity index (χ0n) is 19.2. The van der Waals surface area contributed by atoms with Crippen LogP contribution < -0.4 is 5.32 Å². The van der Waals surface area contributed by atoms with E-state index < -0.39 is 6.04 Å². The van der Waals surface area contributed by atoms with Gasteiger partial charge in [0.1, 0.15) is 5.82 Å². The second kappa shape index (κ2) is 10.3. The highest BCUT2D eigenvalue weighted by Gasteiger charge is 2.41. The first-order valence-corrected chi connectivity index (χ1v) is 12.1. The van der Waals surface area contributed by atoms with E-state index in [4.69, 9.17) is 4.74 Å². The Bertz CT molecular complexity index is 805. The van der Waals surface area contributed by atoms with Crippen LogP contribution in [0.2, 0.25) is 0 Å². The van der Waals surface area contributed by atoms with Crippen LogP contribution in [0.5, 0.6) is 0 Å². The van der Waals surface area contributed by atoms with Gasteiger partial charge in [-0.05, 0) is 62.9 Å². The molecule has 7 heteroatoms. The summed E-state index contributed by atoms with van der Waals surface area (Å²) in [6, 6.07) is 5.83. The molecule has 32 heavy (non-hydrogen) atoms. The standard InChI is InChI=1S/C25H36FN3O3/c1-28-22(30)9-8-21(23(28)19-6-5-7-20(26)16-19)24(31)27-17-25(10-14-32-15-11-25)18-29-12-3-2-4-13-29/h5-7,16,21,23H,2-4,8-15,17-18H2,1H3,(H,27,31). The monoisotopic (exact) mass is 445 g/mol. The summed E-state index contributed by atoms with van der Waals surface area (Å²) in [4.78, 5) is 30.0. The van der Waals surface area contributed by atoms with Gasteiger partial charge in [-0.2, -0.15) is 0 Å². The number of benzene rings is 1. The van der Waals surface area contributed by atoms with E-state index in [2.05, 4.69) is 10.2 Å². The van der Waals surface area contributed by atoms with Crippen molar-refractivity contribution in [2.45, 2.75) is 51.0 Å². The number of nitrogens with one attached hydrogen (secondary N) is 1. The molecule has 3 aliphatic heterocycles. The van der Waals surface area contributed by atoms with E-state index >= 15 is 0 Å². The van der Waals surface area contributed by atoms with Gasteiger partial charge in [-0.15, -0.1) is 0 Å². The molecule has 2 unspecified atom stereocenters. The van der Waals surface area contributed by atoms with Crippen molar-refractivity contribution in [1.29, 1.82) is 0 Å². The van der Waals surface area contributed by atoms with Crippen molar-refractivity contribution in [3.05, 3.63) is 35.6 Å². The summed E-state index contributed by atoms with van der Waals surface area (Å²) in [5.41, 5.74) is 0.700. The number of hydrogen-bond donors (Lipinski definition) is 1. The zero-order chi connectivity index (χ0) is 22.6. The Morgan fingerprint density at radius 1 is 1.22 bits per heavy atom. The number of likely N-dealkylation sites (tertiary alicyclic amines) is 2. The van der Waals surface area contributed by atoms with Crippen LogP contribution in [0.1, 0.15) is 56.6 Å². The molecule has 0 saturated carbocycles. The van der Waals surface area contributed by atoms with Crippen molar-refractivity contribution in [3.63, 3.8) is 0 Å². The lowest BCUT2D eigenvalue weighted by Crippen LogP contribution is -2.52. The molecule has 6 nitrogen and oxygen atoms in total. The first-order chi connectivity index (χ1) is 15.5. The minimum atomic E-state index is -0.445. The predicted molar refractivity (Wildman–Crippen MR) is 120 cm³/mol. The number of hydrogen-bond acceptors (Lipinski definition) is 4. The molecule has 3 fully saturated rings. The summed E-state index contributed by atoms with van der Waals surface area (Å²) in [6.07, 6.45) is 6.51. The summed E-state index contributed by atoms with van der Waals surface area (Å²) in [7, 11) is 1.72. The van der Waals surface area contributed by atoms with Gasteiger partial charge >= 0.3 is 0 Å². The Labute approximate surface area is 190 Å². The molecular formula is C25H36FN3O3. The third-order valence-electron chi connectivity index (χ3n) is 7.59. The average molecular weight is 446 g/mol. The van der Waals surface area contributed by atoms with Gasteiger partial charge in [-0.25, -0.2) is 4.39 Å². The topological polar surface area (TPSA) is 61.9 Å². The molecule has 1 aromatic carbocycles. The average Bonchev–Trinajstić information content (AvgIpc) is 2.80. The SMILES string of the molecule is CN1C(=O)CCC(C(=O)NCC2(CN3CCCCC3)CCOCC2)C1c1cccc(F)c1. The smallest absolute Gasteiger partial charge is 0.225 e. The van der Waals surface area contributed by atoms with E-state index in [-0.39, 0.29) is 29.0 Å². The Morgan fingerprint density at radius 2 is 1.97 bits per heavy atom. The van der Waals surface area contributed by atoms with E-state index in [1.54, 1.807) is 24.1 Å². The molecule has 0 radical (unpaired) electrons. The largest absolute Gasteiger partial charge is 0.381 e. The number of carbonyl (C=O) groups is 2. The molecule has 0 aliphatic carbocycles. The minimum Gasteiger partial charge on any atom is -0.381 e. The maximum atomic E-state index is 13.9. The van der Waals surface area contributed by atoms with Crippen LogP contribution in [0, 0.1) is 17.2 Å². The fourth-order valence-electron chi connectivity index (χ4n) is 5.65. The van der Waals surface area contributed by atoms with Gasteiger partial charge in [0.2, 0.25) is 11.8 Å². The van der Waals surface area contributed by atoms with Gasteiger partial charge < -0.3 is 19.9 Å². The number of carbonyl (C=O) groups excluding carboxylic acids is 2. The molecule has 3 heterocycles. The van der Waals surface area contributed by atoms with Gasteiger partial charge in [-0.3, -0.25) is 9.59 Å². The van der Waals surface area contributed by atoms with Crippen molar-refractivity contribution in [2.75, 3.05) is 46.4 Å². The highest BCUT2D eigenvalue weighted by molar-refractivity contribution is 5.85. The summed E-state index contributed by atoms with van der Waals surface area (Å²) in [5, 5.41) is 3.25. The van der Waals surface area contributed by atoms with Crippen molar-refractivity contribution in [3.8, 4) is 0 Å². The molecule has 0 bridgehead atoms. The number of nitrogens with zero attached hydrogens (tertiary/aromatic N) is 2. The van der Waals surface area contributed by atoms with Crippen molar-refractivity contribution in [1.82, 2.24) is 15.1 Å². The predicted octanol–water partition coefficient (Wildman–Crippen LogP) is 3.13. The quantitative estimate of drug-likeness (QED) is 0.731. The summed E-state index contributed by atoms with van der Waals surface area (Å²) >= 11 is 0. The van der Waals surface area contributed by atoms with Crippen LogP contribution in [0.15, 0.2) is 24.3 Å². The highest BCUT2D eigenvalue weighted by Crippen LogP contribution is 2.37. The Hall–Kier alpha value is -1.99. The maximum Gasteiger partial charge on any atom is 0.225 e. The van der Waals surface area contributed by atoms with Crippen molar-refractivity contribution >= 4 is 11.8 Å². The lowest BCUT2D eigenvalue weighted by atomic mass is 9.78. The first-order valence-electron chi connectivity index (χ1n) is 12.1. The second-order valence-corrected chi connectivity index (χ2v) is 9.82. The number of piperidine rings is 2. The Morgan fingerprint density at radius 3 is 2.69 bits per heavy atom. The molecule has 2 atom stereocenters. The normalized spacial score (nSPS) is 26.7. The third-order valence-corrected chi connectivity index (χ3v) is 7.59. The summed E-state index contributed by atoms with van der Waals surface area (Å²) in [5.74, 6) is -0.778. The van der Waals surface area contributed by atoms with Crippen LogP contribution in [0.4, 0.5) is 4.39 Å². The van der Waals surface area contributed by atoms with E-state index in [0.29, 0.717) is 24.9 Å². The number of ether oxygens (including phenoxy) is 1.